The summed E-state index contributed by atoms with van der Waals surface area (Å²) in [4.78, 5) is 31.9. The molecule has 0 spiro atoms. The van der Waals surface area contributed by atoms with Gasteiger partial charge < -0.3 is 18.9 Å². The maximum atomic E-state index is 12.9. The van der Waals surface area contributed by atoms with Gasteiger partial charge in [-0.1, -0.05) is 17.8 Å². The Morgan fingerprint density at radius 1 is 1.17 bits per heavy atom. The van der Waals surface area contributed by atoms with Gasteiger partial charge in [-0.25, -0.2) is 9.79 Å². The highest BCUT2D eigenvalue weighted by atomic mass is 32.2. The number of aliphatic imine (C=N–C) groups is 1. The summed E-state index contributed by atoms with van der Waals surface area (Å²) in [5.74, 6) is 0.426. The molecule has 1 aromatic carbocycles. The predicted molar refractivity (Wildman–Crippen MR) is 109 cm³/mol. The predicted octanol–water partition coefficient (Wildman–Crippen LogP) is 2.54. The van der Waals surface area contributed by atoms with Crippen molar-refractivity contribution in [3.05, 3.63) is 35.0 Å². The van der Waals surface area contributed by atoms with E-state index in [0.29, 0.717) is 33.5 Å². The summed E-state index contributed by atoms with van der Waals surface area (Å²) in [6.07, 6.45) is 0. The van der Waals surface area contributed by atoms with Crippen molar-refractivity contribution < 1.29 is 28.5 Å². The van der Waals surface area contributed by atoms with Gasteiger partial charge in [0.15, 0.2) is 16.7 Å². The van der Waals surface area contributed by atoms with Crippen molar-refractivity contribution in [1.82, 2.24) is 4.90 Å². The molecule has 8 nitrogen and oxygen atoms in total. The average molecular weight is 420 g/mol. The number of thioether (sulfide) groups is 1. The molecule has 0 aliphatic carbocycles. The number of benzene rings is 1. The lowest BCUT2D eigenvalue weighted by molar-refractivity contribution is -0.141. The van der Waals surface area contributed by atoms with E-state index in [9.17, 15) is 9.59 Å². The molecule has 2 aliphatic heterocycles. The Morgan fingerprint density at radius 3 is 2.55 bits per heavy atom. The van der Waals surface area contributed by atoms with Gasteiger partial charge in [0.2, 0.25) is 5.91 Å². The van der Waals surface area contributed by atoms with Crippen molar-refractivity contribution in [3.8, 4) is 11.5 Å². The highest BCUT2D eigenvalue weighted by Gasteiger charge is 2.46. The first kappa shape index (κ1) is 21.2. The molecule has 2 atom stereocenters. The van der Waals surface area contributed by atoms with Crippen molar-refractivity contribution in [3.63, 3.8) is 0 Å². The van der Waals surface area contributed by atoms with Gasteiger partial charge in [0, 0.05) is 7.11 Å². The molecule has 1 amide bonds. The fourth-order valence-electron chi connectivity index (χ4n) is 3.30. The molecule has 1 saturated heterocycles. The molecule has 2 aliphatic rings. The van der Waals surface area contributed by atoms with Gasteiger partial charge in [-0.3, -0.25) is 9.69 Å². The zero-order chi connectivity index (χ0) is 21.1. The van der Waals surface area contributed by atoms with Crippen LogP contribution in [0, 0.1) is 0 Å². The molecule has 0 saturated carbocycles. The second-order valence-electron chi connectivity index (χ2n) is 6.51. The van der Waals surface area contributed by atoms with E-state index in [2.05, 4.69) is 4.99 Å². The number of carbonyl (C=O) groups excluding carboxylic acids is 2. The number of fused-ring (bicyclic) bond motifs is 1. The summed E-state index contributed by atoms with van der Waals surface area (Å²) in [7, 11) is 4.62. The lowest BCUT2D eigenvalue weighted by atomic mass is 9.94. The number of allylic oxidation sites excluding steroid dienone is 1. The monoisotopic (exact) mass is 420 g/mol. The van der Waals surface area contributed by atoms with Crippen LogP contribution >= 0.6 is 11.8 Å². The lowest BCUT2D eigenvalue weighted by Crippen LogP contribution is -2.40. The van der Waals surface area contributed by atoms with Crippen molar-refractivity contribution in [2.24, 2.45) is 4.99 Å². The van der Waals surface area contributed by atoms with E-state index >= 15 is 0 Å². The number of methoxy groups -OCH3 is 3. The van der Waals surface area contributed by atoms with E-state index in [1.54, 1.807) is 31.1 Å². The number of rotatable bonds is 7. The van der Waals surface area contributed by atoms with Crippen LogP contribution in [0.1, 0.15) is 25.5 Å². The molecule has 0 radical (unpaired) electrons. The van der Waals surface area contributed by atoms with E-state index in [1.165, 1.54) is 26.0 Å². The number of hydrogen-bond donors (Lipinski definition) is 0. The number of hydrogen-bond acceptors (Lipinski definition) is 8. The maximum Gasteiger partial charge on any atom is 0.338 e. The van der Waals surface area contributed by atoms with E-state index in [1.807, 2.05) is 13.0 Å². The Kier molecular flexibility index (Phi) is 6.49. The van der Waals surface area contributed by atoms with Crippen LogP contribution in [0.2, 0.25) is 0 Å². The van der Waals surface area contributed by atoms with Crippen molar-refractivity contribution >= 4 is 28.8 Å². The third-order valence-corrected chi connectivity index (χ3v) is 5.78. The highest BCUT2D eigenvalue weighted by Crippen LogP contribution is 2.44. The van der Waals surface area contributed by atoms with Crippen LogP contribution in [0.15, 0.2) is 34.5 Å². The third kappa shape index (κ3) is 3.97. The molecule has 0 N–H and O–H groups in total. The molecule has 29 heavy (non-hydrogen) atoms. The maximum absolute atomic E-state index is 12.9. The summed E-state index contributed by atoms with van der Waals surface area (Å²) in [5.41, 5.74) is 1.55. The molecule has 3 rings (SSSR count). The lowest BCUT2D eigenvalue weighted by Gasteiger charge is -2.33. The first-order valence-corrected chi connectivity index (χ1v) is 9.98. The normalized spacial score (nSPS) is 21.1. The summed E-state index contributed by atoms with van der Waals surface area (Å²) in [5, 5.41) is 0.293. The van der Waals surface area contributed by atoms with Gasteiger partial charge in [-0.05, 0) is 31.5 Å². The van der Waals surface area contributed by atoms with Crippen LogP contribution in [-0.2, 0) is 19.1 Å². The largest absolute Gasteiger partial charge is 0.493 e. The quantitative estimate of drug-likeness (QED) is 0.495. The van der Waals surface area contributed by atoms with E-state index in [0.717, 1.165) is 0 Å². The van der Waals surface area contributed by atoms with Crippen LogP contribution < -0.4 is 9.47 Å². The minimum Gasteiger partial charge on any atom is -0.493 e. The summed E-state index contributed by atoms with van der Waals surface area (Å²) >= 11 is 1.38. The molecule has 9 heteroatoms. The minimum atomic E-state index is -0.665. The van der Waals surface area contributed by atoms with E-state index < -0.39 is 12.0 Å². The molecule has 0 bridgehead atoms. The molecular weight excluding hydrogens is 396 g/mol. The Hall–Kier alpha value is -2.52. The van der Waals surface area contributed by atoms with Gasteiger partial charge in [0.05, 0.1) is 43.4 Å². The summed E-state index contributed by atoms with van der Waals surface area (Å²) < 4.78 is 21.0. The number of esters is 1. The van der Waals surface area contributed by atoms with Crippen LogP contribution in [0.5, 0.6) is 11.5 Å². The molecule has 1 fully saturated rings. The van der Waals surface area contributed by atoms with Gasteiger partial charge in [-0.2, -0.15) is 0 Å². The smallest absolute Gasteiger partial charge is 0.338 e. The first-order chi connectivity index (χ1) is 13.9. The first-order valence-electron chi connectivity index (χ1n) is 9.10. The van der Waals surface area contributed by atoms with Crippen molar-refractivity contribution in [1.29, 1.82) is 0 Å². The Balaban J connectivity index is 2.09. The average Bonchev–Trinajstić information content (AvgIpc) is 2.99. The fraction of sp³-hybridized carbons (Fsp3) is 0.450. The third-order valence-electron chi connectivity index (χ3n) is 4.72. The van der Waals surface area contributed by atoms with Gasteiger partial charge in [0.25, 0.3) is 0 Å². The van der Waals surface area contributed by atoms with Gasteiger partial charge in [-0.15, -0.1) is 0 Å². The second kappa shape index (κ2) is 8.87. The fourth-order valence-corrected chi connectivity index (χ4v) is 4.33. The number of ether oxygens (including phenoxy) is 4. The molecule has 156 valence electrons. The van der Waals surface area contributed by atoms with Crippen LogP contribution in [0.3, 0.4) is 0 Å². The molecule has 2 heterocycles. The SMILES string of the molecule is COCCOC(=O)C1=C(C)N=C2SC(C)C(=O)N2C1c1ccc(OC)c(OC)c1. The van der Waals surface area contributed by atoms with E-state index in [4.69, 9.17) is 18.9 Å². The second-order valence-corrected chi connectivity index (χ2v) is 7.82. The van der Waals surface area contributed by atoms with Crippen LogP contribution in [0.25, 0.3) is 0 Å². The van der Waals surface area contributed by atoms with Crippen molar-refractivity contribution in [2.45, 2.75) is 25.1 Å². The summed E-state index contributed by atoms with van der Waals surface area (Å²) in [6.45, 7) is 3.97. The van der Waals surface area contributed by atoms with Gasteiger partial charge >= 0.3 is 5.97 Å². The number of carbonyl (C=O) groups is 2. The van der Waals surface area contributed by atoms with Gasteiger partial charge in [0.1, 0.15) is 6.61 Å². The standard InChI is InChI=1S/C20H24N2O6S/c1-11-16(19(24)28-9-8-25-3)17(22-18(23)12(2)29-20(22)21-11)13-6-7-14(26-4)15(10-13)27-5/h6-7,10,12,17H,8-9H2,1-5H3. The zero-order valence-electron chi connectivity index (χ0n) is 17.1. The Labute approximate surface area is 173 Å². The van der Waals surface area contributed by atoms with E-state index in [-0.39, 0.29) is 24.4 Å². The van der Waals surface area contributed by atoms with Crippen molar-refractivity contribution in [2.75, 3.05) is 34.5 Å². The topological polar surface area (TPSA) is 86.7 Å². The Bertz CT molecular complexity index is 882. The molecular formula is C20H24N2O6S. The number of nitrogens with zero attached hydrogens (tertiary/aromatic N) is 2. The molecule has 2 unspecified atom stereocenters. The number of amides is 1. The zero-order valence-corrected chi connectivity index (χ0v) is 17.9. The molecule has 0 aromatic heterocycles. The highest BCUT2D eigenvalue weighted by molar-refractivity contribution is 8.15. The number of amidine groups is 1. The minimum absolute atomic E-state index is 0.108. The molecule has 1 aromatic rings. The van der Waals surface area contributed by atoms with Crippen LogP contribution in [-0.4, -0.2) is 61.7 Å². The Morgan fingerprint density at radius 2 is 1.90 bits per heavy atom. The summed E-state index contributed by atoms with van der Waals surface area (Å²) in [6, 6.07) is 4.66. The van der Waals surface area contributed by atoms with Crippen LogP contribution in [0.4, 0.5) is 0 Å².